The molecule has 0 spiro atoms. The molecule has 0 bridgehead atoms. The molecule has 9 heteroatoms. The predicted molar refractivity (Wildman–Crippen MR) is 154 cm³/mol. The summed E-state index contributed by atoms with van der Waals surface area (Å²) in [6, 6.07) is 25.9. The van der Waals surface area contributed by atoms with Crippen LogP contribution < -0.4 is 10.3 Å². The third-order valence-corrected chi connectivity index (χ3v) is 7.30. The van der Waals surface area contributed by atoms with E-state index in [1.54, 1.807) is 33.8 Å². The van der Waals surface area contributed by atoms with Gasteiger partial charge in [-0.05, 0) is 66.4 Å². The Hall–Kier alpha value is -4.46. The number of aryl methyl sites for hydroxylation is 1. The summed E-state index contributed by atoms with van der Waals surface area (Å²) < 4.78 is 1.58. The topological polar surface area (TPSA) is 79.6 Å². The van der Waals surface area contributed by atoms with Crippen molar-refractivity contribution in [1.29, 1.82) is 0 Å². The lowest BCUT2D eigenvalue weighted by Crippen LogP contribution is -2.26. The number of carbonyl (C=O) groups excluding carboxylic acids is 2. The van der Waals surface area contributed by atoms with Crippen molar-refractivity contribution in [2.45, 2.75) is 13.5 Å². The molecule has 1 N–H and O–H groups in total. The van der Waals surface area contributed by atoms with Gasteiger partial charge >= 0.3 is 0 Å². The van der Waals surface area contributed by atoms with Crippen molar-refractivity contribution < 1.29 is 9.59 Å². The molecule has 1 aliphatic heterocycles. The molecule has 1 aromatic heterocycles. The van der Waals surface area contributed by atoms with E-state index in [9.17, 15) is 9.59 Å². The summed E-state index contributed by atoms with van der Waals surface area (Å²) in [6.07, 6.45) is 1.47. The van der Waals surface area contributed by atoms with Crippen LogP contribution in [0.2, 0.25) is 10.2 Å². The molecule has 0 fully saturated rings. The molecule has 39 heavy (non-hydrogen) atoms. The van der Waals surface area contributed by atoms with E-state index >= 15 is 0 Å². The minimum Gasteiger partial charge on any atom is -0.303 e. The fraction of sp³-hybridized carbons (Fsp3) is 0.0667. The quantitative estimate of drug-likeness (QED) is 0.191. The Kier molecular flexibility index (Phi) is 6.38. The van der Waals surface area contributed by atoms with Gasteiger partial charge in [-0.3, -0.25) is 9.59 Å². The Morgan fingerprint density at radius 2 is 1.69 bits per heavy atom. The van der Waals surface area contributed by atoms with Crippen LogP contribution in [0.25, 0.3) is 16.5 Å². The van der Waals surface area contributed by atoms with E-state index in [1.807, 2.05) is 67.6 Å². The molecule has 0 unspecified atom stereocenters. The van der Waals surface area contributed by atoms with Gasteiger partial charge in [0.25, 0.3) is 11.8 Å². The first-order chi connectivity index (χ1) is 18.9. The van der Waals surface area contributed by atoms with Crippen LogP contribution in [0.15, 0.2) is 90.0 Å². The molecular weight excluding hydrogens is 533 g/mol. The minimum absolute atomic E-state index is 0.0219. The van der Waals surface area contributed by atoms with Crippen LogP contribution in [0.1, 0.15) is 37.5 Å². The second kappa shape index (κ2) is 10.0. The molecule has 2 amide bonds. The smallest absolute Gasteiger partial charge is 0.271 e. The summed E-state index contributed by atoms with van der Waals surface area (Å²) in [5.74, 6) is -0.391. The van der Waals surface area contributed by atoms with Gasteiger partial charge in [0.2, 0.25) is 0 Å². The monoisotopic (exact) mass is 553 g/mol. The van der Waals surface area contributed by atoms with Crippen molar-refractivity contribution in [2.24, 2.45) is 5.10 Å². The zero-order valence-corrected chi connectivity index (χ0v) is 22.2. The number of anilines is 1. The van der Waals surface area contributed by atoms with E-state index in [2.05, 4.69) is 15.6 Å². The van der Waals surface area contributed by atoms with E-state index in [4.69, 9.17) is 23.2 Å². The lowest BCUT2D eigenvalue weighted by Gasteiger charge is -2.18. The van der Waals surface area contributed by atoms with E-state index < -0.39 is 0 Å². The van der Waals surface area contributed by atoms with Gasteiger partial charge in [0.05, 0.1) is 35.4 Å². The Morgan fingerprint density at radius 3 is 2.44 bits per heavy atom. The molecule has 192 valence electrons. The van der Waals surface area contributed by atoms with Gasteiger partial charge in [-0.2, -0.15) is 10.2 Å². The Bertz CT molecular complexity index is 1770. The number of hydrazone groups is 1. The largest absolute Gasteiger partial charge is 0.303 e. The molecule has 6 rings (SSSR count). The third kappa shape index (κ3) is 4.56. The minimum atomic E-state index is -0.369. The number of carbonyl (C=O) groups is 2. The maximum absolute atomic E-state index is 13.1. The number of nitrogens with zero attached hydrogens (tertiary/aromatic N) is 4. The molecule has 0 radical (unpaired) electrons. The number of amides is 2. The van der Waals surface area contributed by atoms with Crippen molar-refractivity contribution in [3.8, 4) is 5.69 Å². The number of halogens is 2. The Labute approximate surface area is 234 Å². The Morgan fingerprint density at radius 1 is 0.974 bits per heavy atom. The van der Waals surface area contributed by atoms with E-state index in [-0.39, 0.29) is 11.8 Å². The molecular formula is C30H21Cl2N5O2. The van der Waals surface area contributed by atoms with Crippen LogP contribution >= 0.6 is 23.2 Å². The third-order valence-electron chi connectivity index (χ3n) is 6.68. The summed E-state index contributed by atoms with van der Waals surface area (Å²) in [6.45, 7) is 2.21. The molecule has 1 aliphatic rings. The highest BCUT2D eigenvalue weighted by molar-refractivity contribution is 6.32. The second-order valence-electron chi connectivity index (χ2n) is 9.15. The number of rotatable bonds is 6. The first kappa shape index (κ1) is 24.9. The maximum atomic E-state index is 13.1. The number of hydrogen-bond acceptors (Lipinski definition) is 4. The van der Waals surface area contributed by atoms with Crippen molar-refractivity contribution in [3.05, 3.63) is 123 Å². The average molecular weight is 554 g/mol. The first-order valence-electron chi connectivity index (χ1n) is 12.2. The summed E-state index contributed by atoms with van der Waals surface area (Å²) in [7, 11) is 0. The molecule has 0 aliphatic carbocycles. The SMILES string of the molecule is Cc1nn(-c2ccc(Cl)cc2)c(Cl)c1/C=N/NC(=O)c1ccc(CN2C(=O)c3cccc4cccc2c34)cc1. The molecule has 5 aromatic rings. The zero-order valence-electron chi connectivity index (χ0n) is 20.7. The molecule has 0 saturated carbocycles. The summed E-state index contributed by atoms with van der Waals surface area (Å²) in [4.78, 5) is 27.5. The fourth-order valence-corrected chi connectivity index (χ4v) is 5.16. The second-order valence-corrected chi connectivity index (χ2v) is 9.94. The first-order valence-corrected chi connectivity index (χ1v) is 12.9. The molecule has 2 heterocycles. The molecule has 0 atom stereocenters. The van der Waals surface area contributed by atoms with Crippen molar-refractivity contribution in [3.63, 3.8) is 0 Å². The van der Waals surface area contributed by atoms with Gasteiger partial charge in [-0.25, -0.2) is 10.1 Å². The van der Waals surface area contributed by atoms with Gasteiger partial charge in [-0.15, -0.1) is 0 Å². The van der Waals surface area contributed by atoms with Gasteiger partial charge < -0.3 is 4.90 Å². The highest BCUT2D eigenvalue weighted by Crippen LogP contribution is 2.38. The lowest BCUT2D eigenvalue weighted by molar-refractivity contribution is 0.0953. The van der Waals surface area contributed by atoms with Crippen LogP contribution in [-0.4, -0.2) is 27.8 Å². The van der Waals surface area contributed by atoms with Crippen LogP contribution in [0.3, 0.4) is 0 Å². The highest BCUT2D eigenvalue weighted by atomic mass is 35.5. The summed E-state index contributed by atoms with van der Waals surface area (Å²) in [5, 5.41) is 11.5. The highest BCUT2D eigenvalue weighted by Gasteiger charge is 2.29. The number of nitrogens with one attached hydrogen (secondary N) is 1. The fourth-order valence-electron chi connectivity index (χ4n) is 4.71. The van der Waals surface area contributed by atoms with Crippen LogP contribution in [0.4, 0.5) is 5.69 Å². The average Bonchev–Trinajstić information content (AvgIpc) is 3.39. The van der Waals surface area contributed by atoms with Gasteiger partial charge in [0.15, 0.2) is 0 Å². The summed E-state index contributed by atoms with van der Waals surface area (Å²) in [5.41, 5.74) is 7.50. The number of aromatic nitrogens is 2. The van der Waals surface area contributed by atoms with E-state index in [0.29, 0.717) is 39.1 Å². The lowest BCUT2D eigenvalue weighted by atomic mass is 10.1. The van der Waals surface area contributed by atoms with Crippen molar-refractivity contribution >= 4 is 57.7 Å². The van der Waals surface area contributed by atoms with Crippen molar-refractivity contribution in [2.75, 3.05) is 4.90 Å². The van der Waals surface area contributed by atoms with Crippen molar-refractivity contribution in [1.82, 2.24) is 15.2 Å². The van der Waals surface area contributed by atoms with Crippen LogP contribution in [0.5, 0.6) is 0 Å². The predicted octanol–water partition coefficient (Wildman–Crippen LogP) is 6.57. The number of hydrogen-bond donors (Lipinski definition) is 1. The van der Waals surface area contributed by atoms with Gasteiger partial charge in [0.1, 0.15) is 5.15 Å². The summed E-state index contributed by atoms with van der Waals surface area (Å²) >= 11 is 12.5. The molecule has 7 nitrogen and oxygen atoms in total. The number of benzene rings is 4. The van der Waals surface area contributed by atoms with Gasteiger partial charge in [-0.1, -0.05) is 59.6 Å². The zero-order chi connectivity index (χ0) is 27.1. The van der Waals surface area contributed by atoms with E-state index in [0.717, 1.165) is 27.7 Å². The Balaban J connectivity index is 1.13. The van der Waals surface area contributed by atoms with Crippen LogP contribution in [-0.2, 0) is 6.54 Å². The van der Waals surface area contributed by atoms with Crippen LogP contribution in [0, 0.1) is 6.92 Å². The van der Waals surface area contributed by atoms with E-state index in [1.165, 1.54) is 6.21 Å². The normalized spacial score (nSPS) is 12.6. The van der Waals surface area contributed by atoms with Gasteiger partial charge in [0, 0.05) is 21.5 Å². The molecule has 0 saturated heterocycles. The molecule has 4 aromatic carbocycles. The maximum Gasteiger partial charge on any atom is 0.271 e. The standard InChI is InChI=1S/C30H21Cl2N5O2/c1-18-25(28(32)37(35-18)23-14-12-22(31)13-15-23)16-33-34-29(38)21-10-8-19(9-11-21)17-36-26-7-3-5-20-4-2-6-24(27(20)26)30(36)39/h2-16H,17H2,1H3,(H,34,38)/b33-16+.